The van der Waals surface area contributed by atoms with Crippen LogP contribution in [-0.2, 0) is 10.4 Å². The number of benzene rings is 1. The Morgan fingerprint density at radius 1 is 1.24 bits per heavy atom. The lowest BCUT2D eigenvalue weighted by Gasteiger charge is -2.20. The monoisotopic (exact) mass is 262 g/mol. The van der Waals surface area contributed by atoms with Crippen molar-refractivity contribution in [2.75, 3.05) is 23.7 Å². The van der Waals surface area contributed by atoms with Gasteiger partial charge in [-0.25, -0.2) is 0 Å². The number of nitrogens with zero attached hydrogens (tertiary/aromatic N) is 1. The maximum atomic E-state index is 8.74. The number of hydrogen-bond donors (Lipinski definition) is 3. The molecule has 0 saturated carbocycles. The van der Waals surface area contributed by atoms with Crippen LogP contribution in [0.15, 0.2) is 24.3 Å². The Morgan fingerprint density at radius 3 is 2.06 bits per heavy atom. The fourth-order valence-corrected chi connectivity index (χ4v) is 1.31. The molecule has 0 heterocycles. The first-order valence-electron chi connectivity index (χ1n) is 5.08. The third-order valence-corrected chi connectivity index (χ3v) is 2.00. The lowest BCUT2D eigenvalue weighted by atomic mass is 10.2. The minimum absolute atomic E-state index is 0.833. The maximum absolute atomic E-state index is 8.74. The molecule has 1 aromatic carbocycles. The first-order chi connectivity index (χ1) is 7.77. The van der Waals surface area contributed by atoms with E-state index in [1.54, 1.807) is 0 Å². The molecular weight excluding hydrogens is 244 g/mol. The van der Waals surface area contributed by atoms with Gasteiger partial charge < -0.3 is 10.6 Å². The van der Waals surface area contributed by atoms with Crippen LogP contribution < -0.4 is 10.6 Å². The number of nitrogens with two attached hydrogens (primary N) is 1. The highest BCUT2D eigenvalue weighted by Crippen LogP contribution is 2.16. The van der Waals surface area contributed by atoms with E-state index in [4.69, 9.17) is 23.3 Å². The van der Waals surface area contributed by atoms with E-state index in [1.807, 2.05) is 18.2 Å². The van der Waals surface area contributed by atoms with Crippen LogP contribution in [0.4, 0.5) is 11.4 Å². The van der Waals surface area contributed by atoms with E-state index < -0.39 is 10.4 Å². The third-order valence-electron chi connectivity index (χ3n) is 2.00. The van der Waals surface area contributed by atoms with Gasteiger partial charge in [0.2, 0.25) is 0 Å². The van der Waals surface area contributed by atoms with Crippen molar-refractivity contribution in [2.24, 2.45) is 0 Å². The van der Waals surface area contributed by atoms with Gasteiger partial charge in [0.15, 0.2) is 0 Å². The Bertz CT molecular complexity index is 422. The Kier molecular flexibility index (Phi) is 6.55. The zero-order chi connectivity index (χ0) is 13.5. The van der Waals surface area contributed by atoms with E-state index in [9.17, 15) is 0 Å². The highest BCUT2D eigenvalue weighted by Gasteiger charge is 1.99. The largest absolute Gasteiger partial charge is 0.399 e. The average molecular weight is 262 g/mol. The van der Waals surface area contributed by atoms with E-state index in [0.29, 0.717) is 0 Å². The fourth-order valence-electron chi connectivity index (χ4n) is 1.31. The molecule has 0 bridgehead atoms. The van der Waals surface area contributed by atoms with Gasteiger partial charge in [0, 0.05) is 24.5 Å². The topological polar surface area (TPSA) is 104 Å². The molecular formula is C10H18N2O4S. The van der Waals surface area contributed by atoms with Crippen LogP contribution in [0.3, 0.4) is 0 Å². The highest BCUT2D eigenvalue weighted by atomic mass is 32.3. The van der Waals surface area contributed by atoms with Gasteiger partial charge in [-0.3, -0.25) is 9.11 Å². The van der Waals surface area contributed by atoms with Gasteiger partial charge in [0.1, 0.15) is 0 Å². The molecule has 0 aliphatic heterocycles. The Morgan fingerprint density at radius 2 is 1.71 bits per heavy atom. The van der Waals surface area contributed by atoms with Crippen LogP contribution >= 0.6 is 0 Å². The molecule has 6 nitrogen and oxygen atoms in total. The van der Waals surface area contributed by atoms with Crippen LogP contribution in [0, 0.1) is 0 Å². The van der Waals surface area contributed by atoms with Crippen molar-refractivity contribution in [2.45, 2.75) is 13.8 Å². The van der Waals surface area contributed by atoms with Crippen LogP contribution in [0.5, 0.6) is 0 Å². The Hall–Kier alpha value is -1.31. The summed E-state index contributed by atoms with van der Waals surface area (Å²) in [6.07, 6.45) is 0. The summed E-state index contributed by atoms with van der Waals surface area (Å²) in [7, 11) is -4.67. The van der Waals surface area contributed by atoms with Crippen LogP contribution in [0.2, 0.25) is 0 Å². The number of anilines is 2. The zero-order valence-electron chi connectivity index (χ0n) is 9.87. The molecule has 0 aromatic heterocycles. The summed E-state index contributed by atoms with van der Waals surface area (Å²) in [5.74, 6) is 0. The summed E-state index contributed by atoms with van der Waals surface area (Å²) < 4.78 is 31.6. The first-order valence-corrected chi connectivity index (χ1v) is 6.48. The Labute approximate surface area is 102 Å². The summed E-state index contributed by atoms with van der Waals surface area (Å²) in [6, 6.07) is 7.99. The molecule has 98 valence electrons. The molecule has 0 saturated heterocycles. The molecule has 1 aromatic rings. The molecule has 0 atom stereocenters. The number of hydrogen-bond acceptors (Lipinski definition) is 4. The molecule has 0 spiro atoms. The second-order valence-corrected chi connectivity index (χ2v) is 4.11. The van der Waals surface area contributed by atoms with Gasteiger partial charge in [-0.15, -0.1) is 0 Å². The van der Waals surface area contributed by atoms with Crippen molar-refractivity contribution in [3.8, 4) is 0 Å². The molecule has 4 N–H and O–H groups in total. The lowest BCUT2D eigenvalue weighted by Crippen LogP contribution is -2.21. The number of nitrogen functional groups attached to an aromatic ring is 1. The van der Waals surface area contributed by atoms with Gasteiger partial charge in [0.25, 0.3) is 0 Å². The van der Waals surface area contributed by atoms with Gasteiger partial charge in [-0.2, -0.15) is 8.42 Å². The predicted molar refractivity (Wildman–Crippen MR) is 68.6 cm³/mol. The van der Waals surface area contributed by atoms with Gasteiger partial charge >= 0.3 is 10.4 Å². The van der Waals surface area contributed by atoms with Gasteiger partial charge in [-0.1, -0.05) is 6.07 Å². The maximum Gasteiger partial charge on any atom is 0.394 e. The summed E-state index contributed by atoms with van der Waals surface area (Å²) >= 11 is 0. The van der Waals surface area contributed by atoms with E-state index >= 15 is 0 Å². The van der Waals surface area contributed by atoms with Crippen LogP contribution in [0.1, 0.15) is 13.8 Å². The summed E-state index contributed by atoms with van der Waals surface area (Å²) in [4.78, 5) is 2.27. The molecule has 17 heavy (non-hydrogen) atoms. The minimum Gasteiger partial charge on any atom is -0.399 e. The molecule has 7 heteroatoms. The second kappa shape index (κ2) is 7.10. The SMILES string of the molecule is CCN(CC)c1cccc(N)c1.O=S(=O)(O)O. The summed E-state index contributed by atoms with van der Waals surface area (Å²) in [5, 5.41) is 0. The van der Waals surface area contributed by atoms with Crippen molar-refractivity contribution in [3.63, 3.8) is 0 Å². The zero-order valence-corrected chi connectivity index (χ0v) is 10.7. The van der Waals surface area contributed by atoms with E-state index in [1.165, 1.54) is 5.69 Å². The third kappa shape index (κ3) is 8.49. The number of rotatable bonds is 3. The summed E-state index contributed by atoms with van der Waals surface area (Å²) in [5.41, 5.74) is 7.72. The van der Waals surface area contributed by atoms with Crippen LogP contribution in [-0.4, -0.2) is 30.6 Å². The fraction of sp³-hybridized carbons (Fsp3) is 0.400. The molecule has 0 fully saturated rings. The molecule has 0 aliphatic rings. The predicted octanol–water partition coefficient (Wildman–Crippen LogP) is 1.46. The molecule has 0 amide bonds. The van der Waals surface area contributed by atoms with E-state index in [2.05, 4.69) is 24.8 Å². The van der Waals surface area contributed by atoms with Crippen LogP contribution in [0.25, 0.3) is 0 Å². The van der Waals surface area contributed by atoms with Crippen molar-refractivity contribution >= 4 is 21.8 Å². The minimum atomic E-state index is -4.67. The molecule has 1 rings (SSSR count). The van der Waals surface area contributed by atoms with E-state index in [0.717, 1.165) is 18.8 Å². The average Bonchev–Trinajstić information content (AvgIpc) is 2.17. The van der Waals surface area contributed by atoms with Crippen molar-refractivity contribution < 1.29 is 17.5 Å². The quantitative estimate of drug-likeness (QED) is 0.563. The van der Waals surface area contributed by atoms with Crippen molar-refractivity contribution in [1.82, 2.24) is 0 Å². The van der Waals surface area contributed by atoms with Crippen molar-refractivity contribution in [1.29, 1.82) is 0 Å². The van der Waals surface area contributed by atoms with Crippen molar-refractivity contribution in [3.05, 3.63) is 24.3 Å². The van der Waals surface area contributed by atoms with Gasteiger partial charge in [-0.05, 0) is 32.0 Å². The molecule has 0 aliphatic carbocycles. The smallest absolute Gasteiger partial charge is 0.394 e. The first kappa shape index (κ1) is 15.7. The lowest BCUT2D eigenvalue weighted by molar-refractivity contribution is 0.381. The normalized spacial score (nSPS) is 10.4. The van der Waals surface area contributed by atoms with Gasteiger partial charge in [0.05, 0.1) is 0 Å². The second-order valence-electron chi connectivity index (χ2n) is 3.22. The summed E-state index contributed by atoms with van der Waals surface area (Å²) in [6.45, 7) is 6.35. The highest BCUT2D eigenvalue weighted by molar-refractivity contribution is 7.79. The Balaban J connectivity index is 0.000000437. The standard InChI is InChI=1S/C10H16N2.H2O4S/c1-3-12(4-2)10-7-5-6-9(11)8-10;1-5(2,3)4/h5-8H,3-4,11H2,1-2H3;(H2,1,2,3,4). The molecule has 0 unspecified atom stereocenters. The molecule has 0 radical (unpaired) electrons. The van der Waals surface area contributed by atoms with E-state index in [-0.39, 0.29) is 0 Å².